The topological polar surface area (TPSA) is 68.0 Å². The number of carbonyl (C=O) groups excluding carboxylic acids is 1. The molecule has 0 bridgehead atoms. The predicted molar refractivity (Wildman–Crippen MR) is 62.3 cm³/mol. The van der Waals surface area contributed by atoms with Gasteiger partial charge in [-0.25, -0.2) is 0 Å². The van der Waals surface area contributed by atoms with Crippen molar-refractivity contribution in [1.29, 1.82) is 0 Å². The van der Waals surface area contributed by atoms with Crippen molar-refractivity contribution in [2.45, 2.75) is 6.54 Å². The molecule has 0 saturated heterocycles. The number of alkyl halides is 1. The van der Waals surface area contributed by atoms with Gasteiger partial charge in [-0.3, -0.25) is 4.79 Å². The third kappa shape index (κ3) is 3.04. The van der Waals surface area contributed by atoms with Gasteiger partial charge in [0.2, 0.25) is 5.91 Å². The largest absolute Gasteiger partial charge is 0.348 e. The average Bonchev–Trinajstić information content (AvgIpc) is 2.86. The van der Waals surface area contributed by atoms with Crippen LogP contribution in [-0.2, 0) is 11.3 Å². The fourth-order valence-electron chi connectivity index (χ4n) is 1.25. The van der Waals surface area contributed by atoms with Crippen LogP contribution in [0.1, 0.15) is 5.82 Å². The van der Waals surface area contributed by atoms with E-state index in [9.17, 15) is 4.79 Å². The summed E-state index contributed by atoms with van der Waals surface area (Å²) in [4.78, 5) is 15.1. The highest BCUT2D eigenvalue weighted by atomic mass is 35.5. The molecule has 0 atom stereocenters. The Bertz CT molecular complexity index is 498. The predicted octanol–water partition coefficient (Wildman–Crippen LogP) is 1.59. The van der Waals surface area contributed by atoms with Crippen molar-refractivity contribution < 1.29 is 9.32 Å². The molecule has 0 saturated carbocycles. The third-order valence-corrected chi connectivity index (χ3v) is 2.30. The molecule has 0 aliphatic heterocycles. The number of halogens is 1. The first kappa shape index (κ1) is 11.6. The molecule has 17 heavy (non-hydrogen) atoms. The van der Waals surface area contributed by atoms with E-state index in [2.05, 4.69) is 15.5 Å². The molecule has 1 aromatic carbocycles. The van der Waals surface area contributed by atoms with Gasteiger partial charge >= 0.3 is 0 Å². The molecule has 0 aliphatic carbocycles. The molecular formula is C11H10ClN3O2. The lowest BCUT2D eigenvalue weighted by atomic mass is 10.2. The van der Waals surface area contributed by atoms with E-state index >= 15 is 0 Å². The molecule has 1 amide bonds. The van der Waals surface area contributed by atoms with Crippen molar-refractivity contribution in [2.24, 2.45) is 0 Å². The second-order valence-corrected chi connectivity index (χ2v) is 3.56. The van der Waals surface area contributed by atoms with Gasteiger partial charge in [0.05, 0.1) is 6.54 Å². The van der Waals surface area contributed by atoms with Crippen LogP contribution in [0, 0.1) is 0 Å². The Morgan fingerprint density at radius 1 is 1.35 bits per heavy atom. The van der Waals surface area contributed by atoms with Gasteiger partial charge in [-0.15, -0.1) is 11.6 Å². The van der Waals surface area contributed by atoms with E-state index in [1.165, 1.54) is 0 Å². The molecule has 1 N–H and O–H groups in total. The van der Waals surface area contributed by atoms with Crippen molar-refractivity contribution in [1.82, 2.24) is 15.5 Å². The van der Waals surface area contributed by atoms with Crippen LogP contribution in [0.25, 0.3) is 11.5 Å². The zero-order valence-corrected chi connectivity index (χ0v) is 9.65. The molecule has 88 valence electrons. The van der Waals surface area contributed by atoms with Crippen molar-refractivity contribution >= 4 is 17.5 Å². The molecule has 0 aliphatic rings. The van der Waals surface area contributed by atoms with Crippen molar-refractivity contribution in [3.05, 3.63) is 36.2 Å². The second kappa shape index (κ2) is 5.45. The standard InChI is InChI=1S/C11H10ClN3O2/c12-6-10(16)13-7-9-14-11(17-15-9)8-4-2-1-3-5-8/h1-5H,6-7H2,(H,13,16). The van der Waals surface area contributed by atoms with Gasteiger partial charge in [0.25, 0.3) is 5.89 Å². The summed E-state index contributed by atoms with van der Waals surface area (Å²) in [6, 6.07) is 9.41. The molecule has 1 aromatic heterocycles. The number of rotatable bonds is 4. The number of nitrogens with one attached hydrogen (secondary N) is 1. The van der Waals surface area contributed by atoms with Crippen LogP contribution in [0.3, 0.4) is 0 Å². The SMILES string of the molecule is O=C(CCl)NCc1noc(-c2ccccc2)n1. The maximum atomic E-state index is 10.9. The van der Waals surface area contributed by atoms with Gasteiger partial charge in [-0.05, 0) is 12.1 Å². The number of carbonyl (C=O) groups is 1. The molecule has 2 aromatic rings. The Hall–Kier alpha value is -1.88. The highest BCUT2D eigenvalue weighted by Gasteiger charge is 2.08. The van der Waals surface area contributed by atoms with Crippen molar-refractivity contribution in [3.8, 4) is 11.5 Å². The zero-order valence-electron chi connectivity index (χ0n) is 8.89. The summed E-state index contributed by atoms with van der Waals surface area (Å²) in [5.41, 5.74) is 0.843. The van der Waals surface area contributed by atoms with E-state index in [1.54, 1.807) is 0 Å². The molecule has 5 nitrogen and oxygen atoms in total. The lowest BCUT2D eigenvalue weighted by Crippen LogP contribution is -2.24. The second-order valence-electron chi connectivity index (χ2n) is 3.29. The van der Waals surface area contributed by atoms with Crippen LogP contribution in [0.4, 0.5) is 0 Å². The van der Waals surface area contributed by atoms with Crippen LogP contribution < -0.4 is 5.32 Å². The minimum Gasteiger partial charge on any atom is -0.348 e. The molecule has 0 radical (unpaired) electrons. The van der Waals surface area contributed by atoms with E-state index < -0.39 is 0 Å². The number of benzene rings is 1. The number of aromatic nitrogens is 2. The summed E-state index contributed by atoms with van der Waals surface area (Å²) < 4.78 is 5.07. The number of hydrogen-bond donors (Lipinski definition) is 1. The van der Waals surface area contributed by atoms with Gasteiger partial charge in [-0.2, -0.15) is 4.98 Å². The molecule has 6 heteroatoms. The fourth-order valence-corrected chi connectivity index (χ4v) is 1.34. The normalized spacial score (nSPS) is 10.2. The Morgan fingerprint density at radius 3 is 2.82 bits per heavy atom. The van der Waals surface area contributed by atoms with E-state index in [1.807, 2.05) is 30.3 Å². The summed E-state index contributed by atoms with van der Waals surface area (Å²) in [7, 11) is 0. The van der Waals surface area contributed by atoms with Gasteiger partial charge in [0.1, 0.15) is 5.88 Å². The van der Waals surface area contributed by atoms with Gasteiger partial charge in [-0.1, -0.05) is 23.4 Å². The van der Waals surface area contributed by atoms with E-state index in [0.29, 0.717) is 11.7 Å². The molecule has 0 fully saturated rings. The molecule has 0 unspecified atom stereocenters. The quantitative estimate of drug-likeness (QED) is 0.838. The zero-order chi connectivity index (χ0) is 12.1. The van der Waals surface area contributed by atoms with Crippen LogP contribution in [0.2, 0.25) is 0 Å². The number of hydrogen-bond acceptors (Lipinski definition) is 4. The lowest BCUT2D eigenvalue weighted by Gasteiger charge is -1.96. The average molecular weight is 252 g/mol. The van der Waals surface area contributed by atoms with Gasteiger partial charge < -0.3 is 9.84 Å². The first-order valence-electron chi connectivity index (χ1n) is 5.00. The molecular weight excluding hydrogens is 242 g/mol. The summed E-state index contributed by atoms with van der Waals surface area (Å²) in [6.45, 7) is 0.210. The summed E-state index contributed by atoms with van der Waals surface area (Å²) in [5.74, 6) is 0.504. The Labute approximate surface area is 103 Å². The van der Waals surface area contributed by atoms with E-state index in [4.69, 9.17) is 16.1 Å². The van der Waals surface area contributed by atoms with Gasteiger partial charge in [0, 0.05) is 5.56 Å². The fraction of sp³-hybridized carbons (Fsp3) is 0.182. The third-order valence-electron chi connectivity index (χ3n) is 2.05. The first-order valence-corrected chi connectivity index (χ1v) is 5.53. The smallest absolute Gasteiger partial charge is 0.257 e. The molecule has 0 spiro atoms. The number of amides is 1. The van der Waals surface area contributed by atoms with Crippen molar-refractivity contribution in [2.75, 3.05) is 5.88 Å². The van der Waals surface area contributed by atoms with Gasteiger partial charge in [0.15, 0.2) is 5.82 Å². The number of nitrogens with zero attached hydrogens (tertiary/aromatic N) is 2. The van der Waals surface area contributed by atoms with Crippen LogP contribution in [0.5, 0.6) is 0 Å². The molecule has 2 rings (SSSR count). The van der Waals surface area contributed by atoms with Crippen molar-refractivity contribution in [3.63, 3.8) is 0 Å². The highest BCUT2D eigenvalue weighted by Crippen LogP contribution is 2.15. The summed E-state index contributed by atoms with van der Waals surface area (Å²) >= 11 is 5.34. The first-order chi connectivity index (χ1) is 8.29. The van der Waals surface area contributed by atoms with E-state index in [0.717, 1.165) is 5.56 Å². The maximum Gasteiger partial charge on any atom is 0.257 e. The minimum atomic E-state index is -0.266. The van der Waals surface area contributed by atoms with E-state index in [-0.39, 0.29) is 18.3 Å². The summed E-state index contributed by atoms with van der Waals surface area (Å²) in [5, 5.41) is 6.31. The Balaban J connectivity index is 2.04. The highest BCUT2D eigenvalue weighted by molar-refractivity contribution is 6.27. The Morgan fingerprint density at radius 2 is 2.12 bits per heavy atom. The minimum absolute atomic E-state index is 0.0800. The summed E-state index contributed by atoms with van der Waals surface area (Å²) in [6.07, 6.45) is 0. The monoisotopic (exact) mass is 251 g/mol. The molecule has 1 heterocycles. The van der Waals surface area contributed by atoms with Crippen LogP contribution >= 0.6 is 11.6 Å². The van der Waals surface area contributed by atoms with Crippen LogP contribution in [0.15, 0.2) is 34.9 Å². The lowest BCUT2D eigenvalue weighted by molar-refractivity contribution is -0.118. The maximum absolute atomic E-state index is 10.9. The Kier molecular flexibility index (Phi) is 3.72. The van der Waals surface area contributed by atoms with Crippen LogP contribution in [-0.4, -0.2) is 21.9 Å².